The topological polar surface area (TPSA) is 45.3 Å². The van der Waals surface area contributed by atoms with Crippen LogP contribution in [-0.4, -0.2) is 16.5 Å². The van der Waals surface area contributed by atoms with Gasteiger partial charge in [0.2, 0.25) is 0 Å². The van der Waals surface area contributed by atoms with E-state index in [1.54, 1.807) is 0 Å². The quantitative estimate of drug-likeness (QED) is 0.276. The van der Waals surface area contributed by atoms with Crippen LogP contribution in [0, 0.1) is 6.92 Å². The second-order valence-electron chi connectivity index (χ2n) is 10.8. The van der Waals surface area contributed by atoms with Gasteiger partial charge in [0.05, 0.1) is 6.61 Å². The Bertz CT molecular complexity index is 1350. The van der Waals surface area contributed by atoms with Gasteiger partial charge >= 0.3 is 0 Å². The number of fused-ring (bicyclic) bond motifs is 1. The molecule has 0 aliphatic heterocycles. The minimum Gasteiger partial charge on any atom is -0.494 e. The summed E-state index contributed by atoms with van der Waals surface area (Å²) in [6.45, 7) is 13.7. The first-order chi connectivity index (χ1) is 17.2. The molecule has 1 N–H and O–H groups in total. The second-order valence-corrected chi connectivity index (χ2v) is 10.8. The first-order valence-electron chi connectivity index (χ1n) is 12.9. The molecule has 1 heterocycles. The summed E-state index contributed by atoms with van der Waals surface area (Å²) in [6.07, 6.45) is 0.989. The predicted molar refractivity (Wildman–Crippen MR) is 150 cm³/mol. The molecule has 4 heteroatoms. The zero-order valence-corrected chi connectivity index (χ0v) is 22.2. The first-order valence-corrected chi connectivity index (χ1v) is 12.9. The van der Waals surface area contributed by atoms with Gasteiger partial charge in [-0.05, 0) is 71.2 Å². The summed E-state index contributed by atoms with van der Waals surface area (Å²) in [5.41, 5.74) is 6.68. The fourth-order valence-electron chi connectivity index (χ4n) is 4.43. The fraction of sp³-hybridized carbons (Fsp3) is 0.344. The number of hydrogen-bond acceptors (Lipinski definition) is 3. The normalized spacial score (nSPS) is 11.8. The molecule has 4 rings (SSSR count). The Labute approximate surface area is 214 Å². The number of aromatic nitrogens is 1. The lowest BCUT2D eigenvalue weighted by molar-refractivity contribution is 0.246. The van der Waals surface area contributed by atoms with Crippen molar-refractivity contribution in [2.24, 2.45) is 0 Å². The van der Waals surface area contributed by atoms with Gasteiger partial charge in [0.15, 0.2) is 0 Å². The Morgan fingerprint density at radius 3 is 2.08 bits per heavy atom. The standard InChI is InChI=1S/C32H38N2O2/c1-6-17-36-29-14-10-25(11-15-29)21-34(20-24-8-12-28(13-9-24)32(3,4)5)22-27-19-26-18-23(2)7-16-30(26)33-31(27)35/h7-16,18-19H,6,17,20-22H2,1-5H3,(H,33,35). The van der Waals surface area contributed by atoms with Gasteiger partial charge in [-0.3, -0.25) is 9.69 Å². The number of ether oxygens (including phenoxy) is 1. The molecule has 0 aliphatic rings. The number of hydrogen-bond donors (Lipinski definition) is 1. The van der Waals surface area contributed by atoms with Gasteiger partial charge in [-0.1, -0.05) is 75.7 Å². The van der Waals surface area contributed by atoms with Crippen molar-refractivity contribution in [1.29, 1.82) is 0 Å². The molecular weight excluding hydrogens is 444 g/mol. The van der Waals surface area contributed by atoms with Gasteiger partial charge in [0.1, 0.15) is 5.75 Å². The number of pyridine rings is 1. The Morgan fingerprint density at radius 1 is 0.833 bits per heavy atom. The number of aryl methyl sites for hydroxylation is 1. The lowest BCUT2D eigenvalue weighted by atomic mass is 9.87. The summed E-state index contributed by atoms with van der Waals surface area (Å²) < 4.78 is 5.75. The van der Waals surface area contributed by atoms with E-state index in [9.17, 15) is 4.79 Å². The largest absolute Gasteiger partial charge is 0.494 e. The highest BCUT2D eigenvalue weighted by Gasteiger charge is 2.15. The molecule has 0 saturated heterocycles. The number of aromatic amines is 1. The molecule has 0 atom stereocenters. The van der Waals surface area contributed by atoms with Crippen molar-refractivity contribution in [3.8, 4) is 5.75 Å². The molecule has 0 spiro atoms. The molecule has 0 saturated carbocycles. The average Bonchev–Trinajstić information content (AvgIpc) is 2.84. The van der Waals surface area contributed by atoms with Crippen LogP contribution in [0.25, 0.3) is 10.9 Å². The van der Waals surface area contributed by atoms with Crippen LogP contribution in [0.3, 0.4) is 0 Å². The van der Waals surface area contributed by atoms with Gasteiger partial charge < -0.3 is 9.72 Å². The molecule has 0 aliphatic carbocycles. The maximum absolute atomic E-state index is 13.0. The Morgan fingerprint density at radius 2 is 1.47 bits per heavy atom. The van der Waals surface area contributed by atoms with Gasteiger partial charge in [0.25, 0.3) is 5.56 Å². The summed E-state index contributed by atoms with van der Waals surface area (Å²) in [5.74, 6) is 0.895. The van der Waals surface area contributed by atoms with E-state index in [0.717, 1.165) is 48.3 Å². The zero-order valence-electron chi connectivity index (χ0n) is 22.2. The van der Waals surface area contributed by atoms with Crippen molar-refractivity contribution in [2.45, 2.75) is 66.1 Å². The highest BCUT2D eigenvalue weighted by molar-refractivity contribution is 5.79. The average molecular weight is 483 g/mol. The molecule has 1 aromatic heterocycles. The van der Waals surface area contributed by atoms with Crippen molar-refractivity contribution in [1.82, 2.24) is 9.88 Å². The van der Waals surface area contributed by atoms with Crippen LogP contribution < -0.4 is 10.3 Å². The van der Waals surface area contributed by atoms with Crippen molar-refractivity contribution >= 4 is 10.9 Å². The third-order valence-electron chi connectivity index (χ3n) is 6.50. The Kier molecular flexibility index (Phi) is 7.95. The summed E-state index contributed by atoms with van der Waals surface area (Å²) in [6, 6.07) is 25.3. The van der Waals surface area contributed by atoms with Crippen LogP contribution in [0.5, 0.6) is 5.75 Å². The molecule has 0 amide bonds. The van der Waals surface area contributed by atoms with Crippen molar-refractivity contribution in [2.75, 3.05) is 6.61 Å². The van der Waals surface area contributed by atoms with Gasteiger partial charge in [0, 0.05) is 30.7 Å². The van der Waals surface area contributed by atoms with Crippen molar-refractivity contribution < 1.29 is 4.74 Å². The maximum Gasteiger partial charge on any atom is 0.252 e. The van der Waals surface area contributed by atoms with Crippen LogP contribution in [0.1, 0.15) is 61.9 Å². The van der Waals surface area contributed by atoms with Gasteiger partial charge in [-0.25, -0.2) is 0 Å². The van der Waals surface area contributed by atoms with Gasteiger partial charge in [-0.2, -0.15) is 0 Å². The van der Waals surface area contributed by atoms with Crippen LogP contribution in [-0.2, 0) is 25.0 Å². The highest BCUT2D eigenvalue weighted by Crippen LogP contribution is 2.24. The fourth-order valence-corrected chi connectivity index (χ4v) is 4.43. The number of benzene rings is 3. The van der Waals surface area contributed by atoms with Crippen molar-refractivity contribution in [3.05, 3.63) is 111 Å². The van der Waals surface area contributed by atoms with Gasteiger partial charge in [-0.15, -0.1) is 0 Å². The molecule has 0 unspecified atom stereocenters. The number of H-pyrrole nitrogens is 1. The zero-order chi connectivity index (χ0) is 25.7. The minimum atomic E-state index is -0.0252. The summed E-state index contributed by atoms with van der Waals surface area (Å²) in [5, 5.41) is 1.07. The summed E-state index contributed by atoms with van der Waals surface area (Å²) in [4.78, 5) is 18.4. The lowest BCUT2D eigenvalue weighted by Crippen LogP contribution is -2.26. The second kappa shape index (κ2) is 11.1. The van der Waals surface area contributed by atoms with Crippen LogP contribution in [0.4, 0.5) is 0 Å². The van der Waals surface area contributed by atoms with Crippen LogP contribution in [0.2, 0.25) is 0 Å². The first kappa shape index (κ1) is 25.7. The van der Waals surface area contributed by atoms with E-state index in [1.165, 1.54) is 22.3 Å². The summed E-state index contributed by atoms with van der Waals surface area (Å²) >= 11 is 0. The smallest absolute Gasteiger partial charge is 0.252 e. The third-order valence-corrected chi connectivity index (χ3v) is 6.50. The van der Waals surface area contributed by atoms with E-state index in [-0.39, 0.29) is 11.0 Å². The SMILES string of the molecule is CCCOc1ccc(CN(Cc2ccc(C(C)(C)C)cc2)Cc2cc3cc(C)ccc3[nH]c2=O)cc1. The molecule has 4 nitrogen and oxygen atoms in total. The molecule has 0 fully saturated rings. The molecule has 0 bridgehead atoms. The third kappa shape index (κ3) is 6.64. The molecule has 36 heavy (non-hydrogen) atoms. The van der Waals surface area contributed by atoms with E-state index in [1.807, 2.05) is 30.3 Å². The maximum atomic E-state index is 13.0. The predicted octanol–water partition coefficient (Wildman–Crippen LogP) is 7.13. The number of rotatable bonds is 9. The van der Waals surface area contributed by atoms with E-state index in [0.29, 0.717) is 6.54 Å². The van der Waals surface area contributed by atoms with Crippen molar-refractivity contribution in [3.63, 3.8) is 0 Å². The molecule has 188 valence electrons. The van der Waals surface area contributed by atoms with E-state index in [2.05, 4.69) is 87.0 Å². The van der Waals surface area contributed by atoms with Crippen LogP contribution in [0.15, 0.2) is 77.6 Å². The molecule has 3 aromatic carbocycles. The van der Waals surface area contributed by atoms with E-state index < -0.39 is 0 Å². The Hall–Kier alpha value is -3.37. The number of nitrogens with one attached hydrogen (secondary N) is 1. The Balaban J connectivity index is 1.60. The van der Waals surface area contributed by atoms with E-state index >= 15 is 0 Å². The van der Waals surface area contributed by atoms with Crippen LogP contribution >= 0.6 is 0 Å². The lowest BCUT2D eigenvalue weighted by Gasteiger charge is -2.24. The summed E-state index contributed by atoms with van der Waals surface area (Å²) in [7, 11) is 0. The van der Waals surface area contributed by atoms with E-state index in [4.69, 9.17) is 4.74 Å². The monoisotopic (exact) mass is 482 g/mol. The minimum absolute atomic E-state index is 0.0252. The highest BCUT2D eigenvalue weighted by atomic mass is 16.5. The number of nitrogens with zero attached hydrogens (tertiary/aromatic N) is 1. The molecule has 0 radical (unpaired) electrons. The molecule has 4 aromatic rings. The molecular formula is C32H38N2O2.